The second kappa shape index (κ2) is 5.34. The number of carbonyl (C=O) groups excluding carboxylic acids is 1. The number of hydrogen-bond donors (Lipinski definition) is 2. The van der Waals surface area contributed by atoms with E-state index >= 15 is 0 Å². The third-order valence-electron chi connectivity index (χ3n) is 4.79. The van der Waals surface area contributed by atoms with Crippen molar-refractivity contribution in [3.63, 3.8) is 0 Å². The summed E-state index contributed by atoms with van der Waals surface area (Å²) in [7, 11) is 1.50. The first-order chi connectivity index (χ1) is 11.9. The summed E-state index contributed by atoms with van der Waals surface area (Å²) in [6, 6.07) is 4.75. The van der Waals surface area contributed by atoms with Gasteiger partial charge in [0.1, 0.15) is 12.4 Å². The van der Waals surface area contributed by atoms with Gasteiger partial charge in [-0.15, -0.1) is 0 Å². The Kier molecular flexibility index (Phi) is 3.35. The molecule has 2 aromatic rings. The number of fused-ring (bicyclic) bond motifs is 1. The molecule has 1 atom stereocenters. The molecule has 4 rings (SSSR count). The molecule has 2 heterocycles. The zero-order chi connectivity index (χ0) is 17.8. The number of carbonyl (C=O) groups is 1. The molecule has 0 amide bonds. The van der Waals surface area contributed by atoms with Crippen LogP contribution in [0.3, 0.4) is 0 Å². The molecule has 0 saturated heterocycles. The number of allylic oxidation sites excluding steroid dienone is 2. The Hall–Kier alpha value is -2.83. The van der Waals surface area contributed by atoms with Crippen LogP contribution in [0.5, 0.6) is 11.5 Å². The first-order valence-electron chi connectivity index (χ1n) is 8.19. The zero-order valence-electron chi connectivity index (χ0n) is 14.4. The highest BCUT2D eigenvalue weighted by Crippen LogP contribution is 2.45. The van der Waals surface area contributed by atoms with E-state index in [0.717, 1.165) is 17.7 Å². The topological polar surface area (TPSA) is 89.3 Å². The molecule has 1 aromatic carbocycles. The van der Waals surface area contributed by atoms with E-state index in [0.29, 0.717) is 23.7 Å². The molecule has 0 unspecified atom stereocenters. The predicted octanol–water partition coefficient (Wildman–Crippen LogP) is 2.65. The van der Waals surface area contributed by atoms with Gasteiger partial charge in [-0.25, -0.2) is 4.68 Å². The van der Waals surface area contributed by atoms with Crippen LogP contribution in [0.1, 0.15) is 38.3 Å². The van der Waals surface area contributed by atoms with Gasteiger partial charge in [0.25, 0.3) is 0 Å². The van der Waals surface area contributed by atoms with Crippen molar-refractivity contribution in [1.82, 2.24) is 14.8 Å². The fourth-order valence-electron chi connectivity index (χ4n) is 3.73. The molecule has 7 nitrogen and oxygen atoms in total. The highest BCUT2D eigenvalue weighted by atomic mass is 16.5. The van der Waals surface area contributed by atoms with Crippen LogP contribution >= 0.6 is 0 Å². The number of nitrogens with one attached hydrogen (secondary N) is 1. The quantitative estimate of drug-likeness (QED) is 0.874. The number of ketones is 1. The van der Waals surface area contributed by atoms with Gasteiger partial charge >= 0.3 is 0 Å². The molecule has 0 saturated carbocycles. The molecule has 0 spiro atoms. The predicted molar refractivity (Wildman–Crippen MR) is 91.5 cm³/mol. The summed E-state index contributed by atoms with van der Waals surface area (Å²) in [4.78, 5) is 17.2. The van der Waals surface area contributed by atoms with E-state index in [1.54, 1.807) is 16.8 Å². The summed E-state index contributed by atoms with van der Waals surface area (Å²) in [6.45, 7) is 4.17. The van der Waals surface area contributed by atoms with Gasteiger partial charge < -0.3 is 15.2 Å². The maximum atomic E-state index is 12.9. The van der Waals surface area contributed by atoms with Crippen LogP contribution in [0.15, 0.2) is 35.8 Å². The average Bonchev–Trinajstić information content (AvgIpc) is 2.99. The molecule has 1 aliphatic heterocycles. The number of benzene rings is 1. The van der Waals surface area contributed by atoms with E-state index in [2.05, 4.69) is 29.2 Å². The highest BCUT2D eigenvalue weighted by molar-refractivity contribution is 6.00. The maximum absolute atomic E-state index is 12.9. The van der Waals surface area contributed by atoms with Gasteiger partial charge in [-0.05, 0) is 29.5 Å². The normalized spacial score (nSPS) is 21.4. The van der Waals surface area contributed by atoms with Crippen molar-refractivity contribution in [2.75, 3.05) is 12.4 Å². The monoisotopic (exact) mass is 340 g/mol. The summed E-state index contributed by atoms with van der Waals surface area (Å²) in [5.74, 6) is 1.12. The lowest BCUT2D eigenvalue weighted by molar-refractivity contribution is -0.118. The number of aromatic nitrogens is 3. The molecular weight excluding hydrogens is 320 g/mol. The lowest BCUT2D eigenvalue weighted by Gasteiger charge is -2.38. The van der Waals surface area contributed by atoms with E-state index in [4.69, 9.17) is 4.74 Å². The first kappa shape index (κ1) is 15.7. The number of ether oxygens (including phenoxy) is 1. The van der Waals surface area contributed by atoms with Crippen LogP contribution in [0.25, 0.3) is 0 Å². The smallest absolute Gasteiger partial charge is 0.226 e. The maximum Gasteiger partial charge on any atom is 0.226 e. The minimum Gasteiger partial charge on any atom is -0.504 e. The number of methoxy groups -OCH3 is 1. The molecule has 2 aliphatic rings. The van der Waals surface area contributed by atoms with E-state index < -0.39 is 6.04 Å². The van der Waals surface area contributed by atoms with Crippen LogP contribution in [0.4, 0.5) is 5.95 Å². The number of rotatable bonds is 2. The average molecular weight is 340 g/mol. The molecule has 0 fully saturated rings. The van der Waals surface area contributed by atoms with Crippen LogP contribution in [-0.4, -0.2) is 32.8 Å². The number of Topliss-reactive ketones (excluding diaryl/α,β-unsaturated/α-hetero) is 1. The molecule has 1 aliphatic carbocycles. The molecule has 0 bridgehead atoms. The standard InChI is InChI=1S/C18H20N4O3/c1-18(2)7-11-15(13(24)8-18)16(22-17(21-11)19-9-20-22)10-4-5-14(25-3)12(23)6-10/h4-6,9,16,23H,7-8H2,1-3H3,(H,19,20,21)/t16-/m0/s1. The van der Waals surface area contributed by atoms with Crippen LogP contribution in [0.2, 0.25) is 0 Å². The summed E-state index contributed by atoms with van der Waals surface area (Å²) >= 11 is 0. The number of phenols is 1. The Morgan fingerprint density at radius 3 is 2.88 bits per heavy atom. The Labute approximate surface area is 145 Å². The van der Waals surface area contributed by atoms with Gasteiger partial charge in [0.2, 0.25) is 5.95 Å². The number of hydrogen-bond acceptors (Lipinski definition) is 6. The number of nitrogens with zero attached hydrogens (tertiary/aromatic N) is 3. The minimum absolute atomic E-state index is 0.0333. The van der Waals surface area contributed by atoms with E-state index in [1.807, 2.05) is 6.07 Å². The van der Waals surface area contributed by atoms with Crippen LogP contribution < -0.4 is 10.1 Å². The number of phenolic OH excluding ortho intramolecular Hbond substituents is 1. The fraction of sp³-hybridized carbons (Fsp3) is 0.389. The van der Waals surface area contributed by atoms with Crippen LogP contribution in [0, 0.1) is 5.41 Å². The zero-order valence-corrected chi connectivity index (χ0v) is 14.4. The minimum atomic E-state index is -0.408. The Morgan fingerprint density at radius 2 is 2.16 bits per heavy atom. The summed E-state index contributed by atoms with van der Waals surface area (Å²) in [5.41, 5.74) is 2.26. The fourth-order valence-corrected chi connectivity index (χ4v) is 3.73. The molecular formula is C18H20N4O3. The summed E-state index contributed by atoms with van der Waals surface area (Å²) in [6.07, 6.45) is 2.71. The first-order valence-corrected chi connectivity index (χ1v) is 8.19. The molecule has 7 heteroatoms. The van der Waals surface area contributed by atoms with Gasteiger partial charge in [0.15, 0.2) is 17.3 Å². The molecule has 0 radical (unpaired) electrons. The second-order valence-corrected chi connectivity index (χ2v) is 7.32. The Bertz CT molecular complexity index is 897. The SMILES string of the molecule is COc1ccc([C@H]2C3=C(CC(C)(C)CC3=O)Nc3ncnn32)cc1O. The van der Waals surface area contributed by atoms with Crippen molar-refractivity contribution < 1.29 is 14.6 Å². The van der Waals surface area contributed by atoms with Gasteiger partial charge in [-0.1, -0.05) is 19.9 Å². The van der Waals surface area contributed by atoms with Crippen molar-refractivity contribution in [2.45, 2.75) is 32.7 Å². The van der Waals surface area contributed by atoms with Gasteiger partial charge in [-0.2, -0.15) is 10.1 Å². The Balaban J connectivity index is 1.88. The van der Waals surface area contributed by atoms with Crippen molar-refractivity contribution in [3.8, 4) is 11.5 Å². The summed E-state index contributed by atoms with van der Waals surface area (Å²) in [5, 5.41) is 17.7. The largest absolute Gasteiger partial charge is 0.504 e. The van der Waals surface area contributed by atoms with Gasteiger partial charge in [-0.3, -0.25) is 4.79 Å². The van der Waals surface area contributed by atoms with Crippen LogP contribution in [-0.2, 0) is 4.79 Å². The molecule has 1 aromatic heterocycles. The van der Waals surface area contributed by atoms with Crippen molar-refractivity contribution in [3.05, 3.63) is 41.4 Å². The van der Waals surface area contributed by atoms with Gasteiger partial charge in [0, 0.05) is 17.7 Å². The van der Waals surface area contributed by atoms with Crippen molar-refractivity contribution in [1.29, 1.82) is 0 Å². The third kappa shape index (κ3) is 2.47. The second-order valence-electron chi connectivity index (χ2n) is 7.32. The van der Waals surface area contributed by atoms with Crippen molar-refractivity contribution >= 4 is 11.7 Å². The molecule has 2 N–H and O–H groups in total. The summed E-state index contributed by atoms with van der Waals surface area (Å²) < 4.78 is 6.81. The van der Waals surface area contributed by atoms with E-state index in [-0.39, 0.29) is 16.9 Å². The molecule has 130 valence electrons. The van der Waals surface area contributed by atoms with Crippen molar-refractivity contribution in [2.24, 2.45) is 5.41 Å². The lowest BCUT2D eigenvalue weighted by atomic mass is 9.73. The van der Waals surface area contributed by atoms with E-state index in [9.17, 15) is 9.90 Å². The highest BCUT2D eigenvalue weighted by Gasteiger charge is 2.41. The Morgan fingerprint density at radius 1 is 1.36 bits per heavy atom. The van der Waals surface area contributed by atoms with E-state index in [1.165, 1.54) is 13.4 Å². The third-order valence-corrected chi connectivity index (χ3v) is 4.79. The molecule has 25 heavy (non-hydrogen) atoms. The lowest BCUT2D eigenvalue weighted by Crippen LogP contribution is -2.36. The van der Waals surface area contributed by atoms with Gasteiger partial charge in [0.05, 0.1) is 7.11 Å². The number of aromatic hydroxyl groups is 1. The number of anilines is 1.